The third-order valence-corrected chi connectivity index (χ3v) is 3.11. The number of ether oxygens (including phenoxy) is 1. The Kier molecular flexibility index (Phi) is 6.41. The maximum absolute atomic E-state index is 12.3. The Labute approximate surface area is 127 Å². The number of nitrogens with one attached hydrogen (secondary N) is 1. The zero-order valence-electron chi connectivity index (χ0n) is 13.2. The van der Waals surface area contributed by atoms with Gasteiger partial charge in [0.05, 0.1) is 12.1 Å². The van der Waals surface area contributed by atoms with Crippen LogP contribution in [0.15, 0.2) is 18.2 Å². The van der Waals surface area contributed by atoms with Crippen LogP contribution in [0.2, 0.25) is 0 Å². The van der Waals surface area contributed by atoms with E-state index in [4.69, 9.17) is 10.5 Å². The summed E-state index contributed by atoms with van der Waals surface area (Å²) in [6, 6.07) is 5.51. The second-order valence-electron chi connectivity index (χ2n) is 5.36. The summed E-state index contributed by atoms with van der Waals surface area (Å²) < 4.78 is 5.57. The predicted octanol–water partition coefficient (Wildman–Crippen LogP) is 1.85. The van der Waals surface area contributed by atoms with E-state index in [2.05, 4.69) is 17.2 Å². The molecule has 0 aliphatic rings. The van der Waals surface area contributed by atoms with Crippen molar-refractivity contribution >= 4 is 5.91 Å². The van der Waals surface area contributed by atoms with Crippen LogP contribution in [-0.4, -0.2) is 31.2 Å². The van der Waals surface area contributed by atoms with Crippen LogP contribution in [0.4, 0.5) is 0 Å². The minimum absolute atomic E-state index is 0.114. The Morgan fingerprint density at radius 1 is 1.43 bits per heavy atom. The average molecular weight is 288 g/mol. The lowest BCUT2D eigenvalue weighted by atomic mass is 10.0. The number of carbonyl (C=O) groups excluding carboxylic acids is 1. The van der Waals surface area contributed by atoms with Gasteiger partial charge in [0.15, 0.2) is 0 Å². The number of amides is 1. The van der Waals surface area contributed by atoms with Crippen LogP contribution in [0, 0.1) is 18.8 Å². The number of nitrogens with two attached hydrogens (primary N) is 1. The quantitative estimate of drug-likeness (QED) is 0.813. The monoisotopic (exact) mass is 288 g/mol. The molecule has 0 fully saturated rings. The van der Waals surface area contributed by atoms with Crippen molar-refractivity contribution in [3.05, 3.63) is 34.9 Å². The maximum atomic E-state index is 12.3. The van der Waals surface area contributed by atoms with Gasteiger partial charge in [-0.15, -0.1) is 0 Å². The van der Waals surface area contributed by atoms with Crippen molar-refractivity contribution in [1.82, 2.24) is 5.32 Å². The molecule has 1 rings (SSSR count). The highest BCUT2D eigenvalue weighted by Crippen LogP contribution is 2.14. The van der Waals surface area contributed by atoms with Gasteiger partial charge >= 0.3 is 0 Å². The average Bonchev–Trinajstić information content (AvgIpc) is 2.44. The molecule has 1 aromatic carbocycles. The number of hydrogen-bond donors (Lipinski definition) is 2. The molecule has 0 bridgehead atoms. The van der Waals surface area contributed by atoms with Crippen molar-refractivity contribution in [2.45, 2.75) is 33.3 Å². The maximum Gasteiger partial charge on any atom is 0.251 e. The second kappa shape index (κ2) is 7.82. The molecule has 1 aromatic rings. The Morgan fingerprint density at radius 3 is 2.76 bits per heavy atom. The summed E-state index contributed by atoms with van der Waals surface area (Å²) in [4.78, 5) is 12.3. The molecule has 0 aliphatic heterocycles. The van der Waals surface area contributed by atoms with E-state index < -0.39 is 0 Å². The first kappa shape index (κ1) is 17.2. The molecule has 0 saturated carbocycles. The van der Waals surface area contributed by atoms with Gasteiger partial charge in [-0.1, -0.05) is 17.9 Å². The molecule has 1 amide bonds. The van der Waals surface area contributed by atoms with E-state index in [9.17, 15) is 4.79 Å². The second-order valence-corrected chi connectivity index (χ2v) is 5.36. The number of rotatable bonds is 5. The summed E-state index contributed by atoms with van der Waals surface area (Å²) >= 11 is 0. The molecule has 4 nitrogen and oxygen atoms in total. The lowest BCUT2D eigenvalue weighted by Crippen LogP contribution is -2.40. The summed E-state index contributed by atoms with van der Waals surface area (Å²) in [6.45, 7) is 9.11. The van der Waals surface area contributed by atoms with Crippen LogP contribution < -0.4 is 11.1 Å². The fourth-order valence-corrected chi connectivity index (χ4v) is 1.99. The van der Waals surface area contributed by atoms with Gasteiger partial charge in [0, 0.05) is 24.3 Å². The van der Waals surface area contributed by atoms with Crippen LogP contribution >= 0.6 is 0 Å². The molecule has 0 aromatic heterocycles. The van der Waals surface area contributed by atoms with E-state index in [1.807, 2.05) is 39.8 Å². The molecule has 4 heteroatoms. The highest BCUT2D eigenvalue weighted by Gasteiger charge is 2.19. The minimum Gasteiger partial charge on any atom is -0.374 e. The van der Waals surface area contributed by atoms with Gasteiger partial charge in [-0.2, -0.15) is 0 Å². The van der Waals surface area contributed by atoms with Crippen molar-refractivity contribution in [3.63, 3.8) is 0 Å². The first-order chi connectivity index (χ1) is 9.91. The number of benzene rings is 1. The Bertz CT molecular complexity index is 554. The van der Waals surface area contributed by atoms with E-state index in [1.54, 1.807) is 6.07 Å². The highest BCUT2D eigenvalue weighted by molar-refractivity contribution is 5.96. The summed E-state index contributed by atoms with van der Waals surface area (Å²) in [5.74, 6) is 5.68. The predicted molar refractivity (Wildman–Crippen MR) is 85.1 cm³/mol. The molecule has 0 unspecified atom stereocenters. The Hall–Kier alpha value is -1.83. The summed E-state index contributed by atoms with van der Waals surface area (Å²) in [5.41, 5.74) is 7.33. The fraction of sp³-hybridized carbons (Fsp3) is 0.471. The van der Waals surface area contributed by atoms with Gasteiger partial charge in [-0.3, -0.25) is 4.79 Å². The molecule has 0 saturated heterocycles. The SMILES string of the molecule is CCOC(C)(C)CNC(=O)c1cccc(C#CCN)c1C. The summed E-state index contributed by atoms with van der Waals surface area (Å²) in [6.07, 6.45) is 0. The molecule has 21 heavy (non-hydrogen) atoms. The van der Waals surface area contributed by atoms with Gasteiger partial charge in [0.2, 0.25) is 0 Å². The lowest BCUT2D eigenvalue weighted by Gasteiger charge is -2.25. The van der Waals surface area contributed by atoms with Crippen molar-refractivity contribution in [1.29, 1.82) is 0 Å². The molecule has 0 radical (unpaired) electrons. The van der Waals surface area contributed by atoms with Crippen molar-refractivity contribution in [2.24, 2.45) is 5.73 Å². The van der Waals surface area contributed by atoms with E-state index in [-0.39, 0.29) is 11.5 Å². The molecule has 0 heterocycles. The third-order valence-electron chi connectivity index (χ3n) is 3.11. The molecular formula is C17H24N2O2. The molecule has 3 N–H and O–H groups in total. The van der Waals surface area contributed by atoms with E-state index in [0.29, 0.717) is 25.3 Å². The molecular weight excluding hydrogens is 264 g/mol. The highest BCUT2D eigenvalue weighted by atomic mass is 16.5. The van der Waals surface area contributed by atoms with Gasteiger partial charge in [-0.25, -0.2) is 0 Å². The van der Waals surface area contributed by atoms with Gasteiger partial charge < -0.3 is 15.8 Å². The van der Waals surface area contributed by atoms with Crippen LogP contribution in [0.3, 0.4) is 0 Å². The van der Waals surface area contributed by atoms with E-state index in [0.717, 1.165) is 11.1 Å². The first-order valence-corrected chi connectivity index (χ1v) is 7.12. The third kappa shape index (κ3) is 5.22. The van der Waals surface area contributed by atoms with Crippen LogP contribution in [0.5, 0.6) is 0 Å². The lowest BCUT2D eigenvalue weighted by molar-refractivity contribution is -0.00815. The number of hydrogen-bond acceptors (Lipinski definition) is 3. The van der Waals surface area contributed by atoms with Crippen LogP contribution in [0.25, 0.3) is 0 Å². The first-order valence-electron chi connectivity index (χ1n) is 7.12. The van der Waals surface area contributed by atoms with Gasteiger partial charge in [-0.05, 0) is 45.4 Å². The summed E-state index contributed by atoms with van der Waals surface area (Å²) in [5, 5.41) is 2.91. The standard InChI is InChI=1S/C17H24N2O2/c1-5-21-17(3,4)12-19-16(20)15-10-6-8-14(13(15)2)9-7-11-18/h6,8,10H,5,11-12,18H2,1-4H3,(H,19,20). The van der Waals surface area contributed by atoms with Crippen molar-refractivity contribution < 1.29 is 9.53 Å². The zero-order valence-corrected chi connectivity index (χ0v) is 13.2. The molecule has 0 spiro atoms. The van der Waals surface area contributed by atoms with E-state index >= 15 is 0 Å². The largest absolute Gasteiger partial charge is 0.374 e. The van der Waals surface area contributed by atoms with Crippen molar-refractivity contribution in [2.75, 3.05) is 19.7 Å². The number of carbonyl (C=O) groups is 1. The topological polar surface area (TPSA) is 64.3 Å². The van der Waals surface area contributed by atoms with Crippen molar-refractivity contribution in [3.8, 4) is 11.8 Å². The van der Waals surface area contributed by atoms with Gasteiger partial charge in [0.25, 0.3) is 5.91 Å². The molecule has 114 valence electrons. The summed E-state index contributed by atoms with van der Waals surface area (Å²) in [7, 11) is 0. The minimum atomic E-state index is -0.380. The fourth-order valence-electron chi connectivity index (χ4n) is 1.99. The van der Waals surface area contributed by atoms with E-state index in [1.165, 1.54) is 0 Å². The zero-order chi connectivity index (χ0) is 15.9. The van der Waals surface area contributed by atoms with Crippen LogP contribution in [-0.2, 0) is 4.74 Å². The normalized spacial score (nSPS) is 10.7. The Morgan fingerprint density at radius 2 is 2.14 bits per heavy atom. The smallest absolute Gasteiger partial charge is 0.251 e. The Balaban J connectivity index is 2.84. The van der Waals surface area contributed by atoms with Crippen LogP contribution in [0.1, 0.15) is 42.3 Å². The molecule has 0 atom stereocenters. The molecule has 0 aliphatic carbocycles. The van der Waals surface area contributed by atoms with Gasteiger partial charge in [0.1, 0.15) is 0 Å².